The van der Waals surface area contributed by atoms with Gasteiger partial charge in [-0.15, -0.1) is 0 Å². The lowest BCUT2D eigenvalue weighted by Gasteiger charge is -2.23. The molecule has 0 spiro atoms. The number of para-hydroxylation sites is 1. The lowest BCUT2D eigenvalue weighted by molar-refractivity contribution is -0.114. The molecule has 11 heteroatoms. The third-order valence-electron chi connectivity index (χ3n) is 4.13. The Morgan fingerprint density at radius 1 is 0.938 bits per heavy atom. The fourth-order valence-electron chi connectivity index (χ4n) is 2.71. The van der Waals surface area contributed by atoms with Gasteiger partial charge in [0.05, 0.1) is 32.7 Å². The second-order valence-electron chi connectivity index (χ2n) is 6.59. The molecule has 0 bridgehead atoms. The Morgan fingerprint density at radius 3 is 2.25 bits per heavy atom. The van der Waals surface area contributed by atoms with E-state index in [2.05, 4.69) is 5.32 Å². The smallest absolute Gasteiger partial charge is 0.245 e. The molecule has 0 atom stereocenters. The van der Waals surface area contributed by atoms with E-state index in [1.54, 1.807) is 36.4 Å². The maximum atomic E-state index is 12.8. The molecule has 0 aliphatic carbocycles. The summed E-state index contributed by atoms with van der Waals surface area (Å²) in [4.78, 5) is 12.8. The molecule has 0 heterocycles. The van der Waals surface area contributed by atoms with E-state index in [9.17, 15) is 13.2 Å². The topological polar surface area (TPSA) is 75.7 Å². The fourth-order valence-corrected chi connectivity index (χ4v) is 4.43. The third kappa shape index (κ3) is 6.21. The number of amides is 1. The summed E-state index contributed by atoms with van der Waals surface area (Å²) in [5, 5.41) is 3.25. The minimum atomic E-state index is -3.90. The molecule has 0 fully saturated rings. The highest BCUT2D eigenvalue weighted by Crippen LogP contribution is 2.36. The fraction of sp³-hybridized carbons (Fsp3) is 0.0952. The average molecular weight is 534 g/mol. The van der Waals surface area contributed by atoms with Crippen molar-refractivity contribution >= 4 is 73.7 Å². The molecule has 3 aromatic carbocycles. The highest BCUT2D eigenvalue weighted by atomic mass is 35.5. The molecular formula is C21H16Cl4N2O4S. The highest BCUT2D eigenvalue weighted by Gasteiger charge is 2.25. The van der Waals surface area contributed by atoms with Gasteiger partial charge in [0.25, 0.3) is 0 Å². The van der Waals surface area contributed by atoms with Crippen molar-refractivity contribution in [3.05, 3.63) is 80.8 Å². The maximum Gasteiger partial charge on any atom is 0.245 e. The van der Waals surface area contributed by atoms with E-state index in [4.69, 9.17) is 51.1 Å². The number of nitrogens with zero attached hydrogens (tertiary/aromatic N) is 1. The largest absolute Gasteiger partial charge is 0.455 e. The minimum absolute atomic E-state index is 0.0190. The van der Waals surface area contributed by atoms with Crippen LogP contribution in [0.3, 0.4) is 0 Å². The zero-order valence-electron chi connectivity index (χ0n) is 16.5. The molecule has 0 aliphatic rings. The van der Waals surface area contributed by atoms with Gasteiger partial charge in [0.1, 0.15) is 12.3 Å². The molecule has 0 radical (unpaired) electrons. The van der Waals surface area contributed by atoms with Gasteiger partial charge in [-0.25, -0.2) is 8.42 Å². The maximum absolute atomic E-state index is 12.8. The number of nitrogens with one attached hydrogen (secondary N) is 1. The number of rotatable bonds is 7. The van der Waals surface area contributed by atoms with E-state index < -0.39 is 22.5 Å². The molecule has 0 saturated carbocycles. The van der Waals surface area contributed by atoms with E-state index in [0.29, 0.717) is 16.5 Å². The van der Waals surface area contributed by atoms with Gasteiger partial charge in [0, 0.05) is 5.02 Å². The summed E-state index contributed by atoms with van der Waals surface area (Å²) >= 11 is 24.2. The second-order valence-corrected chi connectivity index (χ2v) is 10.2. The summed E-state index contributed by atoms with van der Waals surface area (Å²) in [5.41, 5.74) is 0.283. The van der Waals surface area contributed by atoms with Gasteiger partial charge in [-0.1, -0.05) is 64.6 Å². The molecule has 1 N–H and O–H groups in total. The monoisotopic (exact) mass is 532 g/mol. The van der Waals surface area contributed by atoms with Gasteiger partial charge < -0.3 is 10.1 Å². The predicted molar refractivity (Wildman–Crippen MR) is 130 cm³/mol. The zero-order chi connectivity index (χ0) is 23.5. The molecule has 3 rings (SSSR count). The first-order valence-electron chi connectivity index (χ1n) is 8.99. The molecular weight excluding hydrogens is 518 g/mol. The van der Waals surface area contributed by atoms with Crippen molar-refractivity contribution in [3.8, 4) is 11.5 Å². The van der Waals surface area contributed by atoms with E-state index in [0.717, 1.165) is 10.6 Å². The lowest BCUT2D eigenvalue weighted by Crippen LogP contribution is -2.37. The van der Waals surface area contributed by atoms with Crippen LogP contribution in [0.5, 0.6) is 11.5 Å². The Balaban J connectivity index is 1.88. The van der Waals surface area contributed by atoms with Gasteiger partial charge in [0.15, 0.2) is 5.75 Å². The van der Waals surface area contributed by atoms with E-state index in [-0.39, 0.29) is 26.4 Å². The minimum Gasteiger partial charge on any atom is -0.455 e. The number of carbonyl (C=O) groups excluding carboxylic acids is 1. The molecule has 0 aliphatic heterocycles. The van der Waals surface area contributed by atoms with Crippen LogP contribution in [0.15, 0.2) is 60.7 Å². The van der Waals surface area contributed by atoms with Crippen LogP contribution in [0.4, 0.5) is 11.4 Å². The molecule has 0 unspecified atom stereocenters. The average Bonchev–Trinajstić information content (AvgIpc) is 2.71. The van der Waals surface area contributed by atoms with Crippen molar-refractivity contribution in [2.75, 3.05) is 22.4 Å². The van der Waals surface area contributed by atoms with Crippen LogP contribution in [0, 0.1) is 0 Å². The predicted octanol–water partition coefficient (Wildman–Crippen LogP) is 6.50. The van der Waals surface area contributed by atoms with Crippen molar-refractivity contribution in [2.24, 2.45) is 0 Å². The summed E-state index contributed by atoms with van der Waals surface area (Å²) in [5.74, 6) is 0.218. The molecule has 168 valence electrons. The Labute approximate surface area is 205 Å². The number of ether oxygens (including phenoxy) is 1. The number of hydrogen-bond donors (Lipinski definition) is 1. The lowest BCUT2D eigenvalue weighted by atomic mass is 10.2. The van der Waals surface area contributed by atoms with Crippen LogP contribution in [-0.2, 0) is 14.8 Å². The first-order valence-corrected chi connectivity index (χ1v) is 12.3. The Kier molecular flexibility index (Phi) is 7.79. The van der Waals surface area contributed by atoms with Crippen molar-refractivity contribution in [1.29, 1.82) is 0 Å². The summed E-state index contributed by atoms with van der Waals surface area (Å²) in [6, 6.07) is 16.2. The third-order valence-corrected chi connectivity index (χ3v) is 6.52. The quantitative estimate of drug-likeness (QED) is 0.352. The van der Waals surface area contributed by atoms with Crippen molar-refractivity contribution in [2.45, 2.75) is 0 Å². The van der Waals surface area contributed by atoms with E-state index in [1.165, 1.54) is 18.2 Å². The van der Waals surface area contributed by atoms with Crippen LogP contribution in [0.2, 0.25) is 20.1 Å². The molecule has 3 aromatic rings. The van der Waals surface area contributed by atoms with Crippen LogP contribution in [0.25, 0.3) is 0 Å². The Morgan fingerprint density at radius 2 is 1.59 bits per heavy atom. The standard InChI is InChI=1S/C21H16Cl4N2O4S/c1-32(29,30)27(19-11-16(24)15(23)10-17(19)25)12-21(28)26-18-9-13(22)7-8-20(18)31-14-5-3-2-4-6-14/h2-11H,12H2,1H3,(H,26,28). The Hall–Kier alpha value is -2.16. The van der Waals surface area contributed by atoms with Crippen LogP contribution in [0.1, 0.15) is 0 Å². The van der Waals surface area contributed by atoms with Gasteiger partial charge in [-0.2, -0.15) is 0 Å². The zero-order valence-corrected chi connectivity index (χ0v) is 20.3. The number of halogens is 4. The van der Waals surface area contributed by atoms with Crippen molar-refractivity contribution < 1.29 is 17.9 Å². The summed E-state index contributed by atoms with van der Waals surface area (Å²) < 4.78 is 31.4. The van der Waals surface area contributed by atoms with E-state index in [1.807, 2.05) is 6.07 Å². The van der Waals surface area contributed by atoms with Crippen LogP contribution < -0.4 is 14.4 Å². The number of benzene rings is 3. The number of sulfonamides is 1. The summed E-state index contributed by atoms with van der Waals surface area (Å²) in [6.45, 7) is -0.576. The molecule has 6 nitrogen and oxygen atoms in total. The summed E-state index contributed by atoms with van der Waals surface area (Å²) in [7, 11) is -3.90. The Bertz CT molecular complexity index is 1250. The van der Waals surface area contributed by atoms with Crippen LogP contribution >= 0.6 is 46.4 Å². The number of hydrogen-bond acceptors (Lipinski definition) is 4. The van der Waals surface area contributed by atoms with Crippen LogP contribution in [-0.4, -0.2) is 27.1 Å². The molecule has 0 saturated heterocycles. The number of carbonyl (C=O) groups is 1. The summed E-state index contributed by atoms with van der Waals surface area (Å²) in [6.07, 6.45) is 0.947. The highest BCUT2D eigenvalue weighted by molar-refractivity contribution is 7.92. The second kappa shape index (κ2) is 10.2. The SMILES string of the molecule is CS(=O)(=O)N(CC(=O)Nc1cc(Cl)ccc1Oc1ccccc1)c1cc(Cl)c(Cl)cc1Cl. The molecule has 1 amide bonds. The van der Waals surface area contributed by atoms with Gasteiger partial charge in [0.2, 0.25) is 15.9 Å². The number of anilines is 2. The van der Waals surface area contributed by atoms with E-state index >= 15 is 0 Å². The first-order chi connectivity index (χ1) is 15.0. The van der Waals surface area contributed by atoms with Gasteiger partial charge in [-0.3, -0.25) is 9.10 Å². The molecule has 32 heavy (non-hydrogen) atoms. The van der Waals surface area contributed by atoms with Gasteiger partial charge in [-0.05, 0) is 42.5 Å². The van der Waals surface area contributed by atoms with Crippen molar-refractivity contribution in [1.82, 2.24) is 0 Å². The first kappa shape index (κ1) is 24.5. The normalized spacial score (nSPS) is 11.2. The van der Waals surface area contributed by atoms with Gasteiger partial charge >= 0.3 is 0 Å². The van der Waals surface area contributed by atoms with Crippen molar-refractivity contribution in [3.63, 3.8) is 0 Å². The molecule has 0 aromatic heterocycles.